The Kier molecular flexibility index (Phi) is 10.4. The van der Waals surface area contributed by atoms with Gasteiger partial charge >= 0.3 is 5.97 Å². The van der Waals surface area contributed by atoms with E-state index in [0.717, 1.165) is 11.1 Å². The molecule has 0 aliphatic rings. The molecule has 0 aromatic heterocycles. The van der Waals surface area contributed by atoms with Crippen LogP contribution in [0.15, 0.2) is 103 Å². The molecule has 216 valence electrons. The lowest BCUT2D eigenvalue weighted by Crippen LogP contribution is -2.35. The number of amides is 2. The third kappa shape index (κ3) is 7.41. The van der Waals surface area contributed by atoms with Crippen LogP contribution in [0.5, 0.6) is 5.75 Å². The summed E-state index contributed by atoms with van der Waals surface area (Å²) in [6, 6.07) is 30.1. The van der Waals surface area contributed by atoms with Gasteiger partial charge in [-0.2, -0.15) is 0 Å². The van der Waals surface area contributed by atoms with Crippen molar-refractivity contribution in [2.45, 2.75) is 18.9 Å². The lowest BCUT2D eigenvalue weighted by molar-refractivity contribution is -0.137. The number of benzene rings is 4. The average molecular weight is 567 g/mol. The Morgan fingerprint density at radius 3 is 2.05 bits per heavy atom. The normalized spacial score (nSPS) is 11.4. The van der Waals surface area contributed by atoms with Crippen LogP contribution in [0.4, 0.5) is 0 Å². The number of carboxylic acid groups (broad SMARTS) is 1. The van der Waals surface area contributed by atoms with E-state index in [9.17, 15) is 24.6 Å². The quantitative estimate of drug-likeness (QED) is 0.210. The molecule has 2 amide bonds. The first-order valence-electron chi connectivity index (χ1n) is 13.7. The molecule has 4 aromatic carbocycles. The maximum atomic E-state index is 14.0. The highest BCUT2D eigenvalue weighted by atomic mass is 16.5. The number of rotatable bonds is 13. The van der Waals surface area contributed by atoms with E-state index in [1.165, 1.54) is 4.90 Å². The molecule has 0 saturated heterocycles. The van der Waals surface area contributed by atoms with Gasteiger partial charge in [0.05, 0.1) is 26.2 Å². The van der Waals surface area contributed by atoms with Crippen LogP contribution in [0.25, 0.3) is 11.1 Å². The lowest BCUT2D eigenvalue weighted by atomic mass is 9.94. The van der Waals surface area contributed by atoms with Crippen LogP contribution in [-0.4, -0.2) is 59.7 Å². The highest BCUT2D eigenvalue weighted by Gasteiger charge is 2.24. The summed E-state index contributed by atoms with van der Waals surface area (Å²) in [4.78, 5) is 40.5. The van der Waals surface area contributed by atoms with Gasteiger partial charge in [0.2, 0.25) is 0 Å². The predicted octanol–water partition coefficient (Wildman–Crippen LogP) is 4.99. The van der Waals surface area contributed by atoms with Crippen molar-refractivity contribution in [1.82, 2.24) is 10.2 Å². The van der Waals surface area contributed by atoms with Crippen LogP contribution < -0.4 is 10.1 Å². The second kappa shape index (κ2) is 14.6. The molecular weight excluding hydrogens is 532 g/mol. The number of carbonyl (C=O) groups excluding carboxylic acids is 2. The van der Waals surface area contributed by atoms with Crippen LogP contribution in [0.3, 0.4) is 0 Å². The molecule has 42 heavy (non-hydrogen) atoms. The molecule has 0 heterocycles. The summed E-state index contributed by atoms with van der Waals surface area (Å²) >= 11 is 0. The van der Waals surface area contributed by atoms with E-state index in [0.29, 0.717) is 34.4 Å². The molecule has 0 unspecified atom stereocenters. The second-order valence-electron chi connectivity index (χ2n) is 9.71. The number of hydrogen-bond donors (Lipinski definition) is 3. The molecule has 0 spiro atoms. The van der Waals surface area contributed by atoms with Gasteiger partial charge in [-0.25, -0.2) is 0 Å². The van der Waals surface area contributed by atoms with Crippen molar-refractivity contribution < 1.29 is 29.3 Å². The van der Waals surface area contributed by atoms with Crippen LogP contribution in [-0.2, 0) is 11.2 Å². The number of ether oxygens (including phenoxy) is 1. The van der Waals surface area contributed by atoms with Crippen LogP contribution in [0.1, 0.15) is 44.3 Å². The van der Waals surface area contributed by atoms with Crippen LogP contribution in [0, 0.1) is 0 Å². The molecule has 4 rings (SSSR count). The zero-order valence-electron chi connectivity index (χ0n) is 23.4. The third-order valence-electron chi connectivity index (χ3n) is 7.04. The fraction of sp³-hybridized carbons (Fsp3) is 0.206. The van der Waals surface area contributed by atoms with Crippen LogP contribution in [0.2, 0.25) is 0 Å². The van der Waals surface area contributed by atoms with Crippen molar-refractivity contribution in [2.24, 2.45) is 0 Å². The molecule has 8 nitrogen and oxygen atoms in total. The number of para-hydroxylation sites is 1. The summed E-state index contributed by atoms with van der Waals surface area (Å²) in [5.41, 5.74) is 3.46. The maximum Gasteiger partial charge on any atom is 0.305 e. The lowest BCUT2D eigenvalue weighted by Gasteiger charge is -2.24. The molecule has 0 bridgehead atoms. The monoisotopic (exact) mass is 566 g/mol. The first kappa shape index (κ1) is 30.0. The van der Waals surface area contributed by atoms with E-state index >= 15 is 0 Å². The van der Waals surface area contributed by atoms with E-state index in [4.69, 9.17) is 4.74 Å². The van der Waals surface area contributed by atoms with Gasteiger partial charge in [0.15, 0.2) is 0 Å². The minimum atomic E-state index is -1.00. The summed E-state index contributed by atoms with van der Waals surface area (Å²) < 4.78 is 5.45. The van der Waals surface area contributed by atoms with Crippen molar-refractivity contribution in [2.75, 3.05) is 26.8 Å². The Labute approximate surface area is 245 Å². The molecule has 0 saturated carbocycles. The molecule has 1 atom stereocenters. The number of nitrogens with one attached hydrogen (secondary N) is 1. The van der Waals surface area contributed by atoms with Gasteiger partial charge in [0.1, 0.15) is 5.75 Å². The van der Waals surface area contributed by atoms with E-state index in [1.54, 1.807) is 55.6 Å². The SMILES string of the molecule is COc1ccccc1CCN(CCC(=O)O)C(=O)c1ccccc1-c1ccccc1C(=O)N[C@H](CO)c1ccccc1. The van der Waals surface area contributed by atoms with Gasteiger partial charge in [-0.3, -0.25) is 14.4 Å². The molecule has 0 aliphatic heterocycles. The Morgan fingerprint density at radius 2 is 1.38 bits per heavy atom. The minimum Gasteiger partial charge on any atom is -0.496 e. The summed E-state index contributed by atoms with van der Waals surface area (Å²) in [5.74, 6) is -1.04. The van der Waals surface area contributed by atoms with Gasteiger partial charge in [-0.05, 0) is 46.9 Å². The second-order valence-corrected chi connectivity index (χ2v) is 9.71. The maximum absolute atomic E-state index is 14.0. The predicted molar refractivity (Wildman–Crippen MR) is 160 cm³/mol. The van der Waals surface area contributed by atoms with Gasteiger partial charge < -0.3 is 25.2 Å². The highest BCUT2D eigenvalue weighted by Crippen LogP contribution is 2.29. The molecule has 8 heteroatoms. The zero-order chi connectivity index (χ0) is 29.9. The summed E-state index contributed by atoms with van der Waals surface area (Å²) in [5, 5.41) is 22.2. The van der Waals surface area contributed by atoms with Crippen molar-refractivity contribution in [3.8, 4) is 16.9 Å². The number of aliphatic hydroxyl groups is 1. The fourth-order valence-electron chi connectivity index (χ4n) is 4.86. The Bertz CT molecular complexity index is 1520. The molecule has 0 aliphatic carbocycles. The Balaban J connectivity index is 1.65. The number of nitrogens with zero attached hydrogens (tertiary/aromatic N) is 1. The van der Waals surface area contributed by atoms with Crippen molar-refractivity contribution in [3.05, 3.63) is 125 Å². The highest BCUT2D eigenvalue weighted by molar-refractivity contribution is 6.06. The Hall–Kier alpha value is -4.95. The molecule has 0 radical (unpaired) electrons. The summed E-state index contributed by atoms with van der Waals surface area (Å²) in [7, 11) is 1.58. The van der Waals surface area contributed by atoms with Crippen molar-refractivity contribution >= 4 is 17.8 Å². The van der Waals surface area contributed by atoms with E-state index < -0.39 is 17.9 Å². The number of hydrogen-bond acceptors (Lipinski definition) is 5. The largest absolute Gasteiger partial charge is 0.496 e. The van der Waals surface area contributed by atoms with E-state index in [-0.39, 0.29) is 32.0 Å². The summed E-state index contributed by atoms with van der Waals surface area (Å²) in [6.07, 6.45) is 0.263. The van der Waals surface area contributed by atoms with Gasteiger partial charge in [0, 0.05) is 24.2 Å². The van der Waals surface area contributed by atoms with E-state index in [2.05, 4.69) is 5.32 Å². The Morgan fingerprint density at radius 1 is 0.786 bits per heavy atom. The molecule has 4 aromatic rings. The van der Waals surface area contributed by atoms with Crippen LogP contribution >= 0.6 is 0 Å². The van der Waals surface area contributed by atoms with Gasteiger partial charge in [-0.15, -0.1) is 0 Å². The fourth-order valence-corrected chi connectivity index (χ4v) is 4.86. The number of aliphatic carboxylic acids is 1. The van der Waals surface area contributed by atoms with Gasteiger partial charge in [-0.1, -0.05) is 84.9 Å². The van der Waals surface area contributed by atoms with Gasteiger partial charge in [0.25, 0.3) is 11.8 Å². The van der Waals surface area contributed by atoms with E-state index in [1.807, 2.05) is 54.6 Å². The zero-order valence-corrected chi connectivity index (χ0v) is 23.4. The first-order valence-corrected chi connectivity index (χ1v) is 13.7. The minimum absolute atomic E-state index is 0.0229. The number of carbonyl (C=O) groups is 3. The average Bonchev–Trinajstić information content (AvgIpc) is 3.03. The standard InChI is InChI=1S/C34H34N2O6/c1-42-31-18-10-5-13-25(31)19-21-36(22-20-32(38)39)34(41)29-17-9-7-15-27(29)26-14-6-8-16-28(26)33(40)35-30(23-37)24-11-3-2-4-12-24/h2-18,30,37H,19-23H2,1H3,(H,35,40)(H,38,39)/t30-/m1/s1. The number of aliphatic hydroxyl groups excluding tert-OH is 1. The summed E-state index contributed by atoms with van der Waals surface area (Å²) in [6.45, 7) is 0.0188. The molecular formula is C34H34N2O6. The third-order valence-corrected chi connectivity index (χ3v) is 7.04. The topological polar surface area (TPSA) is 116 Å². The van der Waals surface area contributed by atoms with Crippen molar-refractivity contribution in [3.63, 3.8) is 0 Å². The molecule has 0 fully saturated rings. The smallest absolute Gasteiger partial charge is 0.305 e. The number of carboxylic acids is 1. The molecule has 3 N–H and O–H groups in total. The number of methoxy groups -OCH3 is 1. The first-order chi connectivity index (χ1) is 20.4. The van der Waals surface area contributed by atoms with Crippen molar-refractivity contribution in [1.29, 1.82) is 0 Å².